The fraction of sp³-hybridized carbons (Fsp3) is 0.450. The second kappa shape index (κ2) is 7.20. The lowest BCUT2D eigenvalue weighted by Crippen LogP contribution is -2.35. The van der Waals surface area contributed by atoms with E-state index in [1.165, 1.54) is 18.2 Å². The molecule has 1 amide bonds. The molecule has 0 bridgehead atoms. The molecule has 3 heterocycles. The molecule has 6 nitrogen and oxygen atoms in total. The van der Waals surface area contributed by atoms with Crippen LogP contribution in [0.15, 0.2) is 28.9 Å². The Balaban J connectivity index is 1.54. The number of carbonyl (C=O) groups is 1. The van der Waals surface area contributed by atoms with E-state index in [0.717, 1.165) is 43.7 Å². The lowest BCUT2D eigenvalue weighted by molar-refractivity contribution is 0.0735. The molecule has 1 aliphatic carbocycles. The topological polar surface area (TPSA) is 73.4 Å². The summed E-state index contributed by atoms with van der Waals surface area (Å²) in [6, 6.07) is 7.77. The maximum absolute atomic E-state index is 12.5. The van der Waals surface area contributed by atoms with Crippen LogP contribution in [0.5, 0.6) is 0 Å². The number of anilines is 1. The summed E-state index contributed by atoms with van der Waals surface area (Å²) in [5.41, 5.74) is 3.01. The number of hydrogen-bond acceptors (Lipinski definition) is 5. The van der Waals surface area contributed by atoms with E-state index in [1.807, 2.05) is 11.0 Å². The Bertz CT molecular complexity index is 838. The van der Waals surface area contributed by atoms with Crippen molar-refractivity contribution in [2.75, 3.05) is 31.1 Å². The number of hydrogen-bond donors (Lipinski definition) is 0. The number of aromatic nitrogens is 1. The molecular weight excluding hydrogens is 328 g/mol. The Morgan fingerprint density at radius 1 is 1.15 bits per heavy atom. The van der Waals surface area contributed by atoms with Gasteiger partial charge in [-0.2, -0.15) is 5.26 Å². The van der Waals surface area contributed by atoms with Crippen molar-refractivity contribution >= 4 is 11.7 Å². The third kappa shape index (κ3) is 3.17. The maximum atomic E-state index is 12.5. The maximum Gasteiger partial charge on any atom is 0.289 e. The van der Waals surface area contributed by atoms with E-state index < -0.39 is 0 Å². The number of rotatable bonds is 2. The molecule has 0 radical (unpaired) electrons. The van der Waals surface area contributed by atoms with Crippen molar-refractivity contribution < 1.29 is 9.21 Å². The highest BCUT2D eigenvalue weighted by Gasteiger charge is 2.25. The molecule has 1 fully saturated rings. The Morgan fingerprint density at radius 2 is 2.04 bits per heavy atom. The zero-order valence-corrected chi connectivity index (χ0v) is 14.8. The summed E-state index contributed by atoms with van der Waals surface area (Å²) in [6.45, 7) is 2.75. The Kier molecular flexibility index (Phi) is 4.61. The van der Waals surface area contributed by atoms with Gasteiger partial charge in [-0.1, -0.05) is 0 Å². The molecule has 0 aromatic carbocycles. The summed E-state index contributed by atoms with van der Waals surface area (Å²) >= 11 is 0. The molecule has 2 aromatic heterocycles. The van der Waals surface area contributed by atoms with E-state index in [-0.39, 0.29) is 5.91 Å². The molecule has 1 saturated heterocycles. The minimum atomic E-state index is -0.0734. The van der Waals surface area contributed by atoms with Crippen LogP contribution in [0.4, 0.5) is 5.82 Å². The fourth-order valence-electron chi connectivity index (χ4n) is 3.83. The number of furan rings is 1. The molecule has 4 rings (SSSR count). The highest BCUT2D eigenvalue weighted by atomic mass is 16.3. The summed E-state index contributed by atoms with van der Waals surface area (Å²) < 4.78 is 5.24. The first-order chi connectivity index (χ1) is 12.8. The molecule has 0 spiro atoms. The van der Waals surface area contributed by atoms with Gasteiger partial charge in [-0.25, -0.2) is 4.98 Å². The van der Waals surface area contributed by atoms with Gasteiger partial charge in [-0.3, -0.25) is 4.79 Å². The zero-order valence-electron chi connectivity index (χ0n) is 14.8. The van der Waals surface area contributed by atoms with Gasteiger partial charge in [0.25, 0.3) is 5.91 Å². The highest BCUT2D eigenvalue weighted by Crippen LogP contribution is 2.27. The zero-order chi connectivity index (χ0) is 17.9. The van der Waals surface area contributed by atoms with Gasteiger partial charge in [0.15, 0.2) is 5.76 Å². The molecule has 26 heavy (non-hydrogen) atoms. The SMILES string of the molecule is N#Cc1cc2c(nc1N1CCCN(C(=O)c3ccco3)CC1)CCCC2. The molecular formula is C20H22N4O2. The van der Waals surface area contributed by atoms with Crippen LogP contribution in [-0.4, -0.2) is 42.0 Å². The summed E-state index contributed by atoms with van der Waals surface area (Å²) in [7, 11) is 0. The van der Waals surface area contributed by atoms with Gasteiger partial charge in [0.2, 0.25) is 0 Å². The van der Waals surface area contributed by atoms with Gasteiger partial charge in [0, 0.05) is 31.9 Å². The van der Waals surface area contributed by atoms with E-state index in [2.05, 4.69) is 11.0 Å². The molecule has 2 aliphatic rings. The minimum Gasteiger partial charge on any atom is -0.459 e. The van der Waals surface area contributed by atoms with Crippen molar-refractivity contribution in [3.63, 3.8) is 0 Å². The Hall–Kier alpha value is -2.81. The van der Waals surface area contributed by atoms with Gasteiger partial charge in [-0.15, -0.1) is 0 Å². The van der Waals surface area contributed by atoms with E-state index in [9.17, 15) is 10.1 Å². The van der Waals surface area contributed by atoms with Crippen molar-refractivity contribution in [2.45, 2.75) is 32.1 Å². The first kappa shape index (κ1) is 16.6. The average Bonchev–Trinajstić information content (AvgIpc) is 3.11. The number of fused-ring (bicyclic) bond motifs is 1. The van der Waals surface area contributed by atoms with Crippen molar-refractivity contribution in [2.24, 2.45) is 0 Å². The molecule has 1 aliphatic heterocycles. The molecule has 6 heteroatoms. The highest BCUT2D eigenvalue weighted by molar-refractivity contribution is 5.91. The summed E-state index contributed by atoms with van der Waals surface area (Å²) in [5.74, 6) is 1.08. The number of carbonyl (C=O) groups excluding carboxylic acids is 1. The van der Waals surface area contributed by atoms with Crippen LogP contribution in [0.25, 0.3) is 0 Å². The number of pyridine rings is 1. The van der Waals surface area contributed by atoms with Crippen molar-refractivity contribution in [1.82, 2.24) is 9.88 Å². The van der Waals surface area contributed by atoms with Crippen LogP contribution < -0.4 is 4.90 Å². The quantitative estimate of drug-likeness (QED) is 0.833. The lowest BCUT2D eigenvalue weighted by Gasteiger charge is -2.25. The van der Waals surface area contributed by atoms with Gasteiger partial charge >= 0.3 is 0 Å². The molecule has 0 N–H and O–H groups in total. The predicted octanol–water partition coefficient (Wildman–Crippen LogP) is 2.78. The van der Waals surface area contributed by atoms with E-state index in [4.69, 9.17) is 9.40 Å². The van der Waals surface area contributed by atoms with Crippen LogP contribution in [0.3, 0.4) is 0 Å². The largest absolute Gasteiger partial charge is 0.459 e. The molecule has 0 unspecified atom stereocenters. The number of amides is 1. The Labute approximate surface area is 153 Å². The first-order valence-electron chi connectivity index (χ1n) is 9.27. The summed E-state index contributed by atoms with van der Waals surface area (Å²) in [6.07, 6.45) is 6.71. The van der Waals surface area contributed by atoms with E-state index >= 15 is 0 Å². The molecule has 0 saturated carbocycles. The first-order valence-corrected chi connectivity index (χ1v) is 9.27. The van der Waals surface area contributed by atoms with Crippen LogP contribution in [0.1, 0.15) is 46.6 Å². The number of nitriles is 1. The van der Waals surface area contributed by atoms with Crippen LogP contribution >= 0.6 is 0 Å². The number of aryl methyl sites for hydroxylation is 2. The second-order valence-electron chi connectivity index (χ2n) is 6.89. The third-order valence-corrected chi connectivity index (χ3v) is 5.22. The molecule has 0 atom stereocenters. The lowest BCUT2D eigenvalue weighted by atomic mass is 9.95. The summed E-state index contributed by atoms with van der Waals surface area (Å²) in [5, 5.41) is 9.59. The standard InChI is InChI=1S/C20H22N4O2/c21-14-16-13-15-5-1-2-6-17(15)22-19(16)23-8-4-9-24(11-10-23)20(25)18-7-3-12-26-18/h3,7,12-13H,1-2,4-6,8-11H2. The fourth-order valence-corrected chi connectivity index (χ4v) is 3.83. The van der Waals surface area contributed by atoms with Crippen molar-refractivity contribution in [3.05, 3.63) is 47.0 Å². The van der Waals surface area contributed by atoms with Gasteiger partial charge in [0.05, 0.1) is 11.8 Å². The van der Waals surface area contributed by atoms with Gasteiger partial charge in [-0.05, 0) is 55.9 Å². The third-order valence-electron chi connectivity index (χ3n) is 5.22. The van der Waals surface area contributed by atoms with Crippen molar-refractivity contribution in [1.29, 1.82) is 5.26 Å². The smallest absolute Gasteiger partial charge is 0.289 e. The van der Waals surface area contributed by atoms with E-state index in [1.54, 1.807) is 12.1 Å². The van der Waals surface area contributed by atoms with E-state index in [0.29, 0.717) is 31.0 Å². The van der Waals surface area contributed by atoms with Gasteiger partial charge < -0.3 is 14.2 Å². The Morgan fingerprint density at radius 3 is 2.85 bits per heavy atom. The summed E-state index contributed by atoms with van der Waals surface area (Å²) in [4.78, 5) is 21.3. The van der Waals surface area contributed by atoms with Crippen LogP contribution in [0, 0.1) is 11.3 Å². The number of nitrogens with zero attached hydrogens (tertiary/aromatic N) is 4. The van der Waals surface area contributed by atoms with Crippen LogP contribution in [0.2, 0.25) is 0 Å². The molecule has 2 aromatic rings. The normalized spacial score (nSPS) is 17.3. The second-order valence-corrected chi connectivity index (χ2v) is 6.89. The van der Waals surface area contributed by atoms with Crippen LogP contribution in [-0.2, 0) is 12.8 Å². The average molecular weight is 350 g/mol. The van der Waals surface area contributed by atoms with Crippen molar-refractivity contribution in [3.8, 4) is 6.07 Å². The minimum absolute atomic E-state index is 0.0734. The molecule has 134 valence electrons. The predicted molar refractivity (Wildman–Crippen MR) is 97.0 cm³/mol. The monoisotopic (exact) mass is 350 g/mol. The van der Waals surface area contributed by atoms with Gasteiger partial charge in [0.1, 0.15) is 11.9 Å².